The van der Waals surface area contributed by atoms with Crippen molar-refractivity contribution in [2.75, 3.05) is 52.5 Å². The van der Waals surface area contributed by atoms with Gasteiger partial charge >= 0.3 is 23.9 Å². The minimum absolute atomic E-state index is 0.0130. The zero-order valence-electron chi connectivity index (χ0n) is 31.0. The molecule has 0 spiro atoms. The monoisotopic (exact) mass is 745 g/mol. The Bertz CT molecular complexity index is 1160. The zero-order chi connectivity index (χ0) is 39.1. The van der Waals surface area contributed by atoms with Gasteiger partial charge in [-0.05, 0) is 58.0 Å². The Balaban J connectivity index is 2.85. The van der Waals surface area contributed by atoms with Gasteiger partial charge in [0, 0.05) is 79.7 Å². The fourth-order valence-electron chi connectivity index (χ4n) is 5.62. The van der Waals surface area contributed by atoms with Gasteiger partial charge in [0.05, 0.1) is 0 Å². The molecule has 0 aromatic heterocycles. The van der Waals surface area contributed by atoms with E-state index in [0.717, 1.165) is 13.8 Å². The molecule has 18 heteroatoms. The van der Waals surface area contributed by atoms with Gasteiger partial charge in [0.15, 0.2) is 18.5 Å². The Kier molecular flexibility index (Phi) is 23.1. The molecule has 0 aromatic carbocycles. The predicted octanol–water partition coefficient (Wildman–Crippen LogP) is 0.219. The van der Waals surface area contributed by atoms with Crippen molar-refractivity contribution in [2.45, 2.75) is 123 Å². The number of nitrogens with one attached hydrogen (secondary N) is 1. The van der Waals surface area contributed by atoms with Crippen molar-refractivity contribution < 1.29 is 62.4 Å². The van der Waals surface area contributed by atoms with Crippen LogP contribution in [0.4, 0.5) is 0 Å². The second-order valence-corrected chi connectivity index (χ2v) is 12.5. The number of hydrogen-bond acceptors (Lipinski definition) is 14. The molecule has 0 radical (unpaired) electrons. The average Bonchev–Trinajstić information content (AvgIpc) is 3.06. The quantitative estimate of drug-likeness (QED) is 0.0525. The third-order valence-electron chi connectivity index (χ3n) is 8.00. The second kappa shape index (κ2) is 26.0. The van der Waals surface area contributed by atoms with Gasteiger partial charge in [-0.3, -0.25) is 33.6 Å². The van der Waals surface area contributed by atoms with E-state index in [1.807, 2.05) is 0 Å². The van der Waals surface area contributed by atoms with Crippen molar-refractivity contribution in [2.24, 2.45) is 11.5 Å². The molecule has 3 amide bonds. The van der Waals surface area contributed by atoms with Gasteiger partial charge in [-0.1, -0.05) is 0 Å². The fourth-order valence-corrected chi connectivity index (χ4v) is 5.62. The molecule has 1 heterocycles. The van der Waals surface area contributed by atoms with Gasteiger partial charge < -0.3 is 55.4 Å². The van der Waals surface area contributed by atoms with Crippen molar-refractivity contribution in [3.05, 3.63) is 0 Å². The maximum Gasteiger partial charge on any atom is 0.303 e. The Morgan fingerprint density at radius 3 is 1.65 bits per heavy atom. The highest BCUT2D eigenvalue weighted by atomic mass is 16.7. The molecule has 5 atom stereocenters. The van der Waals surface area contributed by atoms with Gasteiger partial charge in [-0.25, -0.2) is 0 Å². The third kappa shape index (κ3) is 19.1. The van der Waals surface area contributed by atoms with Crippen LogP contribution < -0.4 is 16.8 Å². The zero-order valence-corrected chi connectivity index (χ0v) is 31.0. The number of esters is 3. The molecular weight excluding hydrogens is 686 g/mol. The van der Waals surface area contributed by atoms with E-state index in [1.165, 1.54) is 13.8 Å². The maximum atomic E-state index is 13.2. The summed E-state index contributed by atoms with van der Waals surface area (Å²) < 4.78 is 27.9. The van der Waals surface area contributed by atoms with E-state index in [-0.39, 0.29) is 44.3 Å². The Hall–Kier alpha value is -3.87. The Morgan fingerprint density at radius 1 is 0.673 bits per heavy atom. The maximum absolute atomic E-state index is 13.2. The van der Waals surface area contributed by atoms with Crippen molar-refractivity contribution in [3.63, 3.8) is 0 Å². The van der Waals surface area contributed by atoms with Gasteiger partial charge in [0.1, 0.15) is 18.8 Å². The highest BCUT2D eigenvalue weighted by Crippen LogP contribution is 2.28. The lowest BCUT2D eigenvalue weighted by molar-refractivity contribution is -0.277. The first kappa shape index (κ1) is 46.2. The van der Waals surface area contributed by atoms with Crippen molar-refractivity contribution >= 4 is 41.6 Å². The summed E-state index contributed by atoms with van der Waals surface area (Å²) in [6.07, 6.45) is -0.780. The van der Waals surface area contributed by atoms with Gasteiger partial charge in [0.25, 0.3) is 0 Å². The van der Waals surface area contributed by atoms with E-state index in [1.54, 1.807) is 9.80 Å². The fraction of sp³-hybridized carbons (Fsp3) is 0.794. The number of carbonyl (C=O) groups excluding carboxylic acids is 6. The summed E-state index contributed by atoms with van der Waals surface area (Å²) in [6.45, 7) is 7.07. The Morgan fingerprint density at radius 2 is 1.17 bits per heavy atom. The summed E-state index contributed by atoms with van der Waals surface area (Å²) in [5, 5.41) is 11.5. The first-order valence-electron chi connectivity index (χ1n) is 17.9. The van der Waals surface area contributed by atoms with E-state index >= 15 is 0 Å². The van der Waals surface area contributed by atoms with Crippen LogP contribution in [-0.4, -0.2) is 140 Å². The van der Waals surface area contributed by atoms with Crippen LogP contribution in [0.15, 0.2) is 0 Å². The van der Waals surface area contributed by atoms with E-state index in [0.29, 0.717) is 84.2 Å². The van der Waals surface area contributed by atoms with Gasteiger partial charge in [-0.15, -0.1) is 0 Å². The topological polar surface area (TPSA) is 256 Å². The number of amides is 3. The summed E-state index contributed by atoms with van der Waals surface area (Å²) >= 11 is 0. The molecular formula is C34H59N5O13. The number of carbonyl (C=O) groups is 7. The minimum atomic E-state index is -1.24. The summed E-state index contributed by atoms with van der Waals surface area (Å²) in [5.74, 6) is -3.61. The van der Waals surface area contributed by atoms with Gasteiger partial charge in [-0.2, -0.15) is 0 Å². The van der Waals surface area contributed by atoms with Crippen molar-refractivity contribution in [3.8, 4) is 0 Å². The number of carboxylic acids is 1. The molecule has 6 N–H and O–H groups in total. The SMILES string of the molecule is CC(=O)NC1C(OC(C)=O)[C@@H](OC(C)=O)C(COC(C)=O)O[C@H]1OCCCCC(=O)N(CCCN)CCCN(CCCN)C(=O)CCCCC(=O)O. The van der Waals surface area contributed by atoms with E-state index in [4.69, 9.17) is 40.3 Å². The van der Waals surface area contributed by atoms with Crippen LogP contribution >= 0.6 is 0 Å². The smallest absolute Gasteiger partial charge is 0.303 e. The first-order chi connectivity index (χ1) is 24.7. The van der Waals surface area contributed by atoms with Gasteiger partial charge in [0.2, 0.25) is 17.7 Å². The van der Waals surface area contributed by atoms with Crippen LogP contribution in [0.5, 0.6) is 0 Å². The largest absolute Gasteiger partial charge is 0.481 e. The molecule has 1 rings (SSSR count). The lowest BCUT2D eigenvalue weighted by atomic mass is 9.96. The van der Waals surface area contributed by atoms with Crippen LogP contribution in [-0.2, 0) is 57.2 Å². The molecule has 3 unspecified atom stereocenters. The van der Waals surface area contributed by atoms with Crippen LogP contribution in [0.1, 0.15) is 91.9 Å². The number of nitrogens with zero attached hydrogens (tertiary/aromatic N) is 2. The number of aliphatic carboxylic acids is 1. The minimum Gasteiger partial charge on any atom is -0.481 e. The molecule has 18 nitrogen and oxygen atoms in total. The summed E-state index contributed by atoms with van der Waals surface area (Å²) in [7, 11) is 0. The first-order valence-corrected chi connectivity index (χ1v) is 17.9. The number of hydrogen-bond donors (Lipinski definition) is 4. The average molecular weight is 746 g/mol. The molecule has 298 valence electrons. The summed E-state index contributed by atoms with van der Waals surface area (Å²) in [4.78, 5) is 87.9. The normalized spacial score (nSPS) is 19.6. The number of unbranched alkanes of at least 4 members (excludes halogenated alkanes) is 2. The second-order valence-electron chi connectivity index (χ2n) is 12.5. The molecule has 1 fully saturated rings. The molecule has 0 aliphatic carbocycles. The molecule has 52 heavy (non-hydrogen) atoms. The summed E-state index contributed by atoms with van der Waals surface area (Å²) in [5.41, 5.74) is 11.4. The predicted molar refractivity (Wildman–Crippen MR) is 185 cm³/mol. The Labute approximate surface area is 305 Å². The molecule has 1 saturated heterocycles. The van der Waals surface area contributed by atoms with Crippen LogP contribution in [0.2, 0.25) is 0 Å². The summed E-state index contributed by atoms with van der Waals surface area (Å²) in [6, 6.07) is -1.09. The van der Waals surface area contributed by atoms with Crippen LogP contribution in [0, 0.1) is 0 Å². The highest BCUT2D eigenvalue weighted by Gasteiger charge is 2.51. The number of rotatable bonds is 26. The molecule has 0 saturated carbocycles. The number of ether oxygens (including phenoxy) is 5. The van der Waals surface area contributed by atoms with Crippen LogP contribution in [0.3, 0.4) is 0 Å². The van der Waals surface area contributed by atoms with E-state index in [9.17, 15) is 33.6 Å². The lowest BCUT2D eigenvalue weighted by Crippen LogP contribution is -2.66. The number of nitrogens with two attached hydrogens (primary N) is 2. The molecule has 0 aromatic rings. The van der Waals surface area contributed by atoms with Crippen molar-refractivity contribution in [1.82, 2.24) is 15.1 Å². The third-order valence-corrected chi connectivity index (χ3v) is 8.00. The lowest BCUT2D eigenvalue weighted by Gasteiger charge is -2.44. The van der Waals surface area contributed by atoms with E-state index < -0.39 is 60.4 Å². The molecule has 1 aliphatic heterocycles. The molecule has 0 bridgehead atoms. The highest BCUT2D eigenvalue weighted by molar-refractivity contribution is 5.77. The standard InChI is InChI=1S/C34H59N5O13/c1-23(40)37-31-33(51-26(4)43)32(50-25(3)42)27(22-49-24(2)41)52-34(31)48-21-8-7-13-29(45)39(18-10-16-36)20-11-19-38(17-9-15-35)28(44)12-5-6-14-30(46)47/h27,31-34H,5-22,35-36H2,1-4H3,(H,37,40)(H,46,47)/t27?,31?,32-,33?,34+/m0/s1. The number of carboxylic acid groups (broad SMARTS) is 1. The van der Waals surface area contributed by atoms with Crippen molar-refractivity contribution in [1.29, 1.82) is 0 Å². The van der Waals surface area contributed by atoms with E-state index in [2.05, 4.69) is 5.32 Å². The van der Waals surface area contributed by atoms with Crippen LogP contribution in [0.25, 0.3) is 0 Å². The molecule has 1 aliphatic rings.